The quantitative estimate of drug-likeness (QED) is 0.850. The van der Waals surface area contributed by atoms with Crippen LogP contribution in [0.15, 0.2) is 6.07 Å². The maximum Gasteiger partial charge on any atom is 0.230 e. The van der Waals surface area contributed by atoms with E-state index in [0.717, 1.165) is 61.9 Å². The monoisotopic (exact) mass is 338 g/mol. The first-order valence-corrected chi connectivity index (χ1v) is 9.45. The van der Waals surface area contributed by atoms with Crippen molar-refractivity contribution >= 4 is 11.7 Å². The van der Waals surface area contributed by atoms with E-state index in [0.29, 0.717) is 18.0 Å². The number of nitriles is 1. The Morgan fingerprint density at radius 1 is 1.32 bits per heavy atom. The molecule has 5 heteroatoms. The Labute approximate surface area is 149 Å². The number of amides is 1. The van der Waals surface area contributed by atoms with Crippen molar-refractivity contribution in [2.75, 3.05) is 31.1 Å². The Bertz CT molecular complexity index is 749. The summed E-state index contributed by atoms with van der Waals surface area (Å²) in [7, 11) is 0. The van der Waals surface area contributed by atoms with Crippen LogP contribution in [0, 0.1) is 36.5 Å². The molecule has 1 spiro atoms. The molecule has 3 fully saturated rings. The third-order valence-electron chi connectivity index (χ3n) is 6.22. The van der Waals surface area contributed by atoms with Crippen molar-refractivity contribution in [2.45, 2.75) is 46.0 Å². The second-order valence-corrected chi connectivity index (χ2v) is 8.12. The van der Waals surface area contributed by atoms with E-state index in [1.54, 1.807) is 0 Å². The van der Waals surface area contributed by atoms with E-state index in [1.807, 2.05) is 19.9 Å². The average molecular weight is 338 g/mol. The van der Waals surface area contributed by atoms with Crippen LogP contribution in [-0.4, -0.2) is 42.0 Å². The van der Waals surface area contributed by atoms with E-state index in [1.165, 1.54) is 12.8 Å². The van der Waals surface area contributed by atoms with Crippen LogP contribution < -0.4 is 4.90 Å². The van der Waals surface area contributed by atoms with Crippen LogP contribution in [0.4, 0.5) is 5.82 Å². The molecule has 5 nitrogen and oxygen atoms in total. The maximum atomic E-state index is 13.2. The number of aromatic nitrogens is 1. The molecule has 0 radical (unpaired) electrons. The van der Waals surface area contributed by atoms with Gasteiger partial charge in [0.05, 0.1) is 11.0 Å². The number of piperidine rings is 1. The van der Waals surface area contributed by atoms with Crippen molar-refractivity contribution in [3.63, 3.8) is 0 Å². The second-order valence-electron chi connectivity index (χ2n) is 8.12. The smallest absolute Gasteiger partial charge is 0.230 e. The van der Waals surface area contributed by atoms with Gasteiger partial charge in [0.15, 0.2) is 0 Å². The molecule has 1 aromatic rings. The number of pyridine rings is 1. The molecule has 2 aliphatic heterocycles. The summed E-state index contributed by atoms with van der Waals surface area (Å²) in [6, 6.07) is 4.21. The molecular formula is C20H26N4O. The van der Waals surface area contributed by atoms with Gasteiger partial charge < -0.3 is 9.80 Å². The van der Waals surface area contributed by atoms with E-state index in [4.69, 9.17) is 0 Å². The van der Waals surface area contributed by atoms with Crippen molar-refractivity contribution in [3.05, 3.63) is 22.9 Å². The normalized spacial score (nSPS) is 26.4. The predicted molar refractivity (Wildman–Crippen MR) is 96.2 cm³/mol. The highest BCUT2D eigenvalue weighted by atomic mass is 16.2. The van der Waals surface area contributed by atoms with Crippen molar-refractivity contribution < 1.29 is 4.79 Å². The number of aryl methyl sites for hydroxylation is 2. The van der Waals surface area contributed by atoms with Crippen molar-refractivity contribution in [2.24, 2.45) is 11.3 Å². The van der Waals surface area contributed by atoms with Gasteiger partial charge in [-0.1, -0.05) is 0 Å². The lowest BCUT2D eigenvalue weighted by Gasteiger charge is -2.39. The van der Waals surface area contributed by atoms with E-state index in [2.05, 4.69) is 20.9 Å². The number of hydrogen-bond acceptors (Lipinski definition) is 4. The first-order valence-electron chi connectivity index (χ1n) is 9.45. The first kappa shape index (κ1) is 16.4. The van der Waals surface area contributed by atoms with E-state index in [-0.39, 0.29) is 5.41 Å². The fraction of sp³-hybridized carbons (Fsp3) is 0.650. The SMILES string of the molecule is Cc1cc(C#N)c(N2CC[C@@]3(CCCN(CC4CC4)C3=O)C2)nc1C. The Kier molecular flexibility index (Phi) is 3.94. The summed E-state index contributed by atoms with van der Waals surface area (Å²) in [5.74, 6) is 1.84. The lowest BCUT2D eigenvalue weighted by Crippen LogP contribution is -2.50. The third kappa shape index (κ3) is 2.88. The molecule has 1 amide bonds. The molecule has 3 heterocycles. The van der Waals surface area contributed by atoms with Gasteiger partial charge in [0.25, 0.3) is 0 Å². The van der Waals surface area contributed by atoms with Gasteiger partial charge in [-0.3, -0.25) is 4.79 Å². The van der Waals surface area contributed by atoms with Crippen molar-refractivity contribution in [3.8, 4) is 6.07 Å². The first-order chi connectivity index (χ1) is 12.0. The molecule has 1 aromatic heterocycles. The van der Waals surface area contributed by atoms with Gasteiger partial charge in [-0.15, -0.1) is 0 Å². The summed E-state index contributed by atoms with van der Waals surface area (Å²) in [6.07, 6.45) is 5.50. The molecule has 1 atom stereocenters. The maximum absolute atomic E-state index is 13.2. The zero-order chi connectivity index (χ0) is 17.6. The average Bonchev–Trinajstić information content (AvgIpc) is 3.32. The van der Waals surface area contributed by atoms with Crippen LogP contribution >= 0.6 is 0 Å². The number of likely N-dealkylation sites (tertiary alicyclic amines) is 1. The largest absolute Gasteiger partial charge is 0.354 e. The van der Waals surface area contributed by atoms with Crippen LogP contribution in [-0.2, 0) is 4.79 Å². The van der Waals surface area contributed by atoms with Crippen LogP contribution in [0.25, 0.3) is 0 Å². The third-order valence-corrected chi connectivity index (χ3v) is 6.22. The second kappa shape index (κ2) is 6.01. The number of rotatable bonds is 3. The van der Waals surface area contributed by atoms with Gasteiger partial charge in [0.2, 0.25) is 5.91 Å². The minimum atomic E-state index is -0.264. The lowest BCUT2D eigenvalue weighted by molar-refractivity contribution is -0.145. The number of carbonyl (C=O) groups excluding carboxylic acids is 1. The molecule has 3 aliphatic rings. The predicted octanol–water partition coefficient (Wildman–Crippen LogP) is 2.80. The Morgan fingerprint density at radius 3 is 2.84 bits per heavy atom. The Hall–Kier alpha value is -2.09. The number of carbonyl (C=O) groups is 1. The fourth-order valence-electron chi connectivity index (χ4n) is 4.39. The molecule has 1 saturated carbocycles. The minimum absolute atomic E-state index is 0.264. The zero-order valence-electron chi connectivity index (χ0n) is 15.2. The summed E-state index contributed by atoms with van der Waals surface area (Å²) < 4.78 is 0. The molecule has 1 aliphatic carbocycles. The van der Waals surface area contributed by atoms with Gasteiger partial charge in [-0.05, 0) is 63.5 Å². The standard InChI is InChI=1S/C20H26N4O/c1-14-10-17(11-21)18(22-15(14)2)24-9-7-20(13-24)6-3-8-23(19(20)25)12-16-4-5-16/h10,16H,3-9,12-13H2,1-2H3/t20-/m0/s1. The van der Waals surface area contributed by atoms with Crippen molar-refractivity contribution in [1.82, 2.24) is 9.88 Å². The molecule has 0 bridgehead atoms. The Balaban J connectivity index is 1.57. The van der Waals surface area contributed by atoms with Crippen LogP contribution in [0.3, 0.4) is 0 Å². The van der Waals surface area contributed by atoms with Gasteiger partial charge in [-0.2, -0.15) is 5.26 Å². The van der Waals surface area contributed by atoms with Crippen LogP contribution in [0.2, 0.25) is 0 Å². The molecule has 0 N–H and O–H groups in total. The summed E-state index contributed by atoms with van der Waals surface area (Å²) in [6.45, 7) is 7.35. The highest BCUT2D eigenvalue weighted by Crippen LogP contribution is 2.43. The van der Waals surface area contributed by atoms with Gasteiger partial charge >= 0.3 is 0 Å². The summed E-state index contributed by atoms with van der Waals surface area (Å²) in [5.41, 5.74) is 2.36. The number of nitrogens with zero attached hydrogens (tertiary/aromatic N) is 4. The topological polar surface area (TPSA) is 60.2 Å². The lowest BCUT2D eigenvalue weighted by atomic mass is 9.78. The van der Waals surface area contributed by atoms with Crippen molar-refractivity contribution in [1.29, 1.82) is 5.26 Å². The molecule has 0 unspecified atom stereocenters. The van der Waals surface area contributed by atoms with Gasteiger partial charge in [0, 0.05) is 31.9 Å². The number of hydrogen-bond donors (Lipinski definition) is 0. The zero-order valence-corrected chi connectivity index (χ0v) is 15.2. The molecule has 132 valence electrons. The summed E-state index contributed by atoms with van der Waals surface area (Å²) >= 11 is 0. The summed E-state index contributed by atoms with van der Waals surface area (Å²) in [4.78, 5) is 22.1. The molecule has 2 saturated heterocycles. The fourth-order valence-corrected chi connectivity index (χ4v) is 4.39. The molecular weight excluding hydrogens is 312 g/mol. The number of anilines is 1. The summed E-state index contributed by atoms with van der Waals surface area (Å²) in [5, 5.41) is 9.50. The van der Waals surface area contributed by atoms with Gasteiger partial charge in [0.1, 0.15) is 11.9 Å². The molecule has 25 heavy (non-hydrogen) atoms. The Morgan fingerprint density at radius 2 is 2.12 bits per heavy atom. The van der Waals surface area contributed by atoms with Gasteiger partial charge in [-0.25, -0.2) is 4.98 Å². The van der Waals surface area contributed by atoms with Crippen LogP contribution in [0.1, 0.15) is 48.9 Å². The minimum Gasteiger partial charge on any atom is -0.354 e. The van der Waals surface area contributed by atoms with E-state index < -0.39 is 0 Å². The van der Waals surface area contributed by atoms with E-state index in [9.17, 15) is 10.1 Å². The highest BCUT2D eigenvalue weighted by molar-refractivity contribution is 5.85. The molecule has 4 rings (SSSR count). The molecule has 0 aromatic carbocycles. The van der Waals surface area contributed by atoms with Crippen LogP contribution in [0.5, 0.6) is 0 Å². The van der Waals surface area contributed by atoms with E-state index >= 15 is 0 Å². The highest BCUT2D eigenvalue weighted by Gasteiger charge is 2.49.